The molecule has 112 valence electrons. The molecule has 0 saturated carbocycles. The van der Waals surface area contributed by atoms with Crippen molar-refractivity contribution in [3.05, 3.63) is 30.7 Å². The van der Waals surface area contributed by atoms with E-state index in [1.54, 1.807) is 4.57 Å². The molecular formula is C14H18N4O3. The fourth-order valence-corrected chi connectivity index (χ4v) is 1.71. The third-order valence-electron chi connectivity index (χ3n) is 2.55. The third-order valence-corrected chi connectivity index (χ3v) is 2.55. The average molecular weight is 290 g/mol. The van der Waals surface area contributed by atoms with E-state index in [-0.39, 0.29) is 18.5 Å². The first kappa shape index (κ1) is 14.8. The fourth-order valence-electron chi connectivity index (χ4n) is 1.71. The molecule has 0 bridgehead atoms. The molecule has 2 heterocycles. The summed E-state index contributed by atoms with van der Waals surface area (Å²) < 4.78 is 12.4. The van der Waals surface area contributed by atoms with Gasteiger partial charge in [-0.3, -0.25) is 4.79 Å². The van der Waals surface area contributed by atoms with Crippen molar-refractivity contribution in [3.63, 3.8) is 0 Å². The molecule has 21 heavy (non-hydrogen) atoms. The SMILES string of the molecule is CCOc1ncc(NC(=O)Cn2cccc2)c(OCC)n1. The number of carbonyl (C=O) groups is 1. The average Bonchev–Trinajstić information content (AvgIpc) is 2.95. The molecule has 7 nitrogen and oxygen atoms in total. The molecular weight excluding hydrogens is 272 g/mol. The van der Waals surface area contributed by atoms with Gasteiger partial charge in [-0.05, 0) is 26.0 Å². The molecule has 0 unspecified atom stereocenters. The quantitative estimate of drug-likeness (QED) is 0.840. The zero-order valence-electron chi connectivity index (χ0n) is 12.1. The van der Waals surface area contributed by atoms with E-state index < -0.39 is 0 Å². The number of carbonyl (C=O) groups excluding carboxylic acids is 1. The highest BCUT2D eigenvalue weighted by molar-refractivity contribution is 5.91. The van der Waals surface area contributed by atoms with Crippen molar-refractivity contribution in [2.75, 3.05) is 18.5 Å². The van der Waals surface area contributed by atoms with Gasteiger partial charge < -0.3 is 19.4 Å². The first-order valence-electron chi connectivity index (χ1n) is 6.76. The van der Waals surface area contributed by atoms with Crippen molar-refractivity contribution in [1.29, 1.82) is 0 Å². The van der Waals surface area contributed by atoms with Crippen LogP contribution in [-0.2, 0) is 11.3 Å². The minimum absolute atomic E-state index is 0.181. The third kappa shape index (κ3) is 4.20. The normalized spacial score (nSPS) is 10.2. The Morgan fingerprint density at radius 1 is 1.24 bits per heavy atom. The van der Waals surface area contributed by atoms with Gasteiger partial charge in [0.2, 0.25) is 11.8 Å². The van der Waals surface area contributed by atoms with E-state index in [0.29, 0.717) is 24.8 Å². The first-order chi connectivity index (χ1) is 10.2. The van der Waals surface area contributed by atoms with Crippen molar-refractivity contribution in [1.82, 2.24) is 14.5 Å². The minimum Gasteiger partial charge on any atom is -0.476 e. The van der Waals surface area contributed by atoms with Gasteiger partial charge in [-0.15, -0.1) is 0 Å². The lowest BCUT2D eigenvalue weighted by Gasteiger charge is -2.11. The minimum atomic E-state index is -0.181. The summed E-state index contributed by atoms with van der Waals surface area (Å²) in [7, 11) is 0. The van der Waals surface area contributed by atoms with Crippen LogP contribution in [0.1, 0.15) is 13.8 Å². The maximum atomic E-state index is 12.0. The lowest BCUT2D eigenvalue weighted by Crippen LogP contribution is -2.19. The lowest BCUT2D eigenvalue weighted by atomic mass is 10.4. The molecule has 0 aliphatic rings. The van der Waals surface area contributed by atoms with Crippen LogP contribution in [0, 0.1) is 0 Å². The Morgan fingerprint density at radius 3 is 2.62 bits per heavy atom. The second kappa shape index (κ2) is 7.28. The second-order valence-electron chi connectivity index (χ2n) is 4.14. The van der Waals surface area contributed by atoms with Gasteiger partial charge in [0.25, 0.3) is 0 Å². The number of ether oxygens (including phenoxy) is 2. The van der Waals surface area contributed by atoms with Crippen LogP contribution in [0.25, 0.3) is 0 Å². The number of nitrogens with one attached hydrogen (secondary N) is 1. The van der Waals surface area contributed by atoms with Crippen LogP contribution in [0.2, 0.25) is 0 Å². The highest BCUT2D eigenvalue weighted by Crippen LogP contribution is 2.23. The summed E-state index contributed by atoms with van der Waals surface area (Å²) in [5.41, 5.74) is 0.428. The van der Waals surface area contributed by atoms with Crippen molar-refractivity contribution < 1.29 is 14.3 Å². The van der Waals surface area contributed by atoms with Gasteiger partial charge in [-0.2, -0.15) is 4.98 Å². The van der Waals surface area contributed by atoms with Crippen LogP contribution >= 0.6 is 0 Å². The van der Waals surface area contributed by atoms with E-state index in [0.717, 1.165) is 0 Å². The predicted molar refractivity (Wildman–Crippen MR) is 77.4 cm³/mol. The molecule has 2 aromatic rings. The van der Waals surface area contributed by atoms with E-state index in [9.17, 15) is 4.79 Å². The van der Waals surface area contributed by atoms with Crippen LogP contribution in [0.4, 0.5) is 5.69 Å². The highest BCUT2D eigenvalue weighted by atomic mass is 16.5. The molecule has 1 N–H and O–H groups in total. The lowest BCUT2D eigenvalue weighted by molar-refractivity contribution is -0.116. The zero-order valence-corrected chi connectivity index (χ0v) is 12.1. The van der Waals surface area contributed by atoms with Crippen molar-refractivity contribution in [2.45, 2.75) is 20.4 Å². The molecule has 0 radical (unpaired) electrons. The molecule has 2 aromatic heterocycles. The largest absolute Gasteiger partial charge is 0.476 e. The number of hydrogen-bond donors (Lipinski definition) is 1. The van der Waals surface area contributed by atoms with Gasteiger partial charge in [-0.25, -0.2) is 4.98 Å². The van der Waals surface area contributed by atoms with E-state index in [1.807, 2.05) is 38.4 Å². The van der Waals surface area contributed by atoms with Crippen LogP contribution in [-0.4, -0.2) is 33.7 Å². The standard InChI is InChI=1S/C14H18N4O3/c1-3-20-13-11(9-15-14(17-13)21-4-2)16-12(19)10-18-7-5-6-8-18/h5-9H,3-4,10H2,1-2H3,(H,16,19). The van der Waals surface area contributed by atoms with Crippen molar-refractivity contribution >= 4 is 11.6 Å². The summed E-state index contributed by atoms with van der Waals surface area (Å²) in [6.45, 7) is 4.80. The topological polar surface area (TPSA) is 78.3 Å². The van der Waals surface area contributed by atoms with Crippen LogP contribution < -0.4 is 14.8 Å². The van der Waals surface area contributed by atoms with Gasteiger partial charge in [0.1, 0.15) is 12.2 Å². The molecule has 0 aromatic carbocycles. The monoisotopic (exact) mass is 290 g/mol. The molecule has 0 fully saturated rings. The summed E-state index contributed by atoms with van der Waals surface area (Å²) in [5.74, 6) is 0.122. The van der Waals surface area contributed by atoms with Gasteiger partial charge in [0.15, 0.2) is 0 Å². The molecule has 0 aliphatic heterocycles. The fraction of sp³-hybridized carbons (Fsp3) is 0.357. The van der Waals surface area contributed by atoms with Gasteiger partial charge >= 0.3 is 6.01 Å². The number of nitrogens with zero attached hydrogens (tertiary/aromatic N) is 3. The summed E-state index contributed by atoms with van der Waals surface area (Å²) in [6.07, 6.45) is 5.12. The molecule has 0 atom stereocenters. The van der Waals surface area contributed by atoms with Crippen LogP contribution in [0.5, 0.6) is 11.9 Å². The number of amides is 1. The van der Waals surface area contributed by atoms with Crippen LogP contribution in [0.15, 0.2) is 30.7 Å². The molecule has 7 heteroatoms. The predicted octanol–water partition coefficient (Wildman–Crippen LogP) is 1.71. The van der Waals surface area contributed by atoms with E-state index in [2.05, 4.69) is 15.3 Å². The maximum absolute atomic E-state index is 12.0. The van der Waals surface area contributed by atoms with Crippen molar-refractivity contribution in [3.8, 4) is 11.9 Å². The molecule has 0 saturated heterocycles. The Bertz CT molecular complexity index is 584. The second-order valence-corrected chi connectivity index (χ2v) is 4.14. The summed E-state index contributed by atoms with van der Waals surface area (Å²) in [6, 6.07) is 3.95. The van der Waals surface area contributed by atoms with Gasteiger partial charge in [-0.1, -0.05) is 0 Å². The van der Waals surface area contributed by atoms with Crippen LogP contribution in [0.3, 0.4) is 0 Å². The van der Waals surface area contributed by atoms with Gasteiger partial charge in [0, 0.05) is 12.4 Å². The highest BCUT2D eigenvalue weighted by Gasteiger charge is 2.12. The van der Waals surface area contributed by atoms with E-state index in [4.69, 9.17) is 9.47 Å². The summed E-state index contributed by atoms with van der Waals surface area (Å²) >= 11 is 0. The number of rotatable bonds is 7. The van der Waals surface area contributed by atoms with E-state index in [1.165, 1.54) is 6.20 Å². The van der Waals surface area contributed by atoms with E-state index >= 15 is 0 Å². The summed E-state index contributed by atoms with van der Waals surface area (Å²) in [4.78, 5) is 20.1. The number of hydrogen-bond acceptors (Lipinski definition) is 5. The molecule has 0 spiro atoms. The Kier molecular flexibility index (Phi) is 5.14. The first-order valence-corrected chi connectivity index (χ1v) is 6.76. The molecule has 0 aliphatic carbocycles. The Labute approximate surface area is 122 Å². The Hall–Kier alpha value is -2.57. The Balaban J connectivity index is 2.08. The maximum Gasteiger partial charge on any atom is 0.319 e. The van der Waals surface area contributed by atoms with Crippen molar-refractivity contribution in [2.24, 2.45) is 0 Å². The van der Waals surface area contributed by atoms with Gasteiger partial charge in [0.05, 0.1) is 19.4 Å². The summed E-state index contributed by atoms with van der Waals surface area (Å²) in [5, 5.41) is 2.74. The Morgan fingerprint density at radius 2 is 1.95 bits per heavy atom. The number of anilines is 1. The zero-order chi connectivity index (χ0) is 15.1. The smallest absolute Gasteiger partial charge is 0.319 e. The number of aromatic nitrogens is 3. The molecule has 2 rings (SSSR count). The molecule has 1 amide bonds.